The van der Waals surface area contributed by atoms with Gasteiger partial charge in [0, 0.05) is 11.6 Å². The highest BCUT2D eigenvalue weighted by Crippen LogP contribution is 2.42. The lowest BCUT2D eigenvalue weighted by molar-refractivity contribution is -0.154. The zero-order chi connectivity index (χ0) is 20.1. The molecular weight excluding hydrogens is 364 g/mol. The first-order valence-corrected chi connectivity index (χ1v) is 9.39. The smallest absolute Gasteiger partial charge is 0.317 e. The quantitative estimate of drug-likeness (QED) is 0.756. The lowest BCUT2D eigenvalue weighted by Crippen LogP contribution is -2.38. The minimum absolute atomic E-state index is 0.164. The summed E-state index contributed by atoms with van der Waals surface area (Å²) < 4.78 is 32.2. The monoisotopic (exact) mass is 387 g/mol. The number of hydrogen-bond acceptors (Lipinski definition) is 3. The number of halogens is 2. The van der Waals surface area contributed by atoms with Crippen LogP contribution >= 0.6 is 0 Å². The molecule has 1 aliphatic carbocycles. The summed E-state index contributed by atoms with van der Waals surface area (Å²) in [6, 6.07) is 12.0. The topological polar surface area (TPSA) is 55.4 Å². The molecule has 4 nitrogen and oxygen atoms in total. The molecule has 1 fully saturated rings. The molecule has 0 aromatic heterocycles. The van der Waals surface area contributed by atoms with Crippen LogP contribution in [-0.4, -0.2) is 18.5 Å². The van der Waals surface area contributed by atoms with Gasteiger partial charge in [-0.2, -0.15) is 0 Å². The van der Waals surface area contributed by atoms with Gasteiger partial charge in [-0.05, 0) is 31.4 Å². The van der Waals surface area contributed by atoms with Crippen molar-refractivity contribution in [1.82, 2.24) is 5.32 Å². The maximum atomic E-state index is 13.8. The van der Waals surface area contributed by atoms with E-state index in [0.717, 1.165) is 30.5 Å². The Morgan fingerprint density at radius 2 is 1.79 bits per heavy atom. The molecule has 0 radical (unpaired) electrons. The van der Waals surface area contributed by atoms with Crippen molar-refractivity contribution in [1.29, 1.82) is 0 Å². The Morgan fingerprint density at radius 3 is 2.43 bits per heavy atom. The van der Waals surface area contributed by atoms with Crippen molar-refractivity contribution >= 4 is 11.9 Å². The molecule has 2 aromatic rings. The van der Waals surface area contributed by atoms with Crippen LogP contribution in [0.2, 0.25) is 0 Å². The highest BCUT2D eigenvalue weighted by Gasteiger charge is 2.44. The Labute approximate surface area is 162 Å². The first-order valence-electron chi connectivity index (χ1n) is 9.39. The number of benzene rings is 2. The maximum Gasteiger partial charge on any atom is 0.317 e. The molecule has 6 heteroatoms. The fraction of sp³-hybridized carbons (Fsp3) is 0.364. The Kier molecular flexibility index (Phi) is 6.07. The molecule has 1 N–H and O–H groups in total. The van der Waals surface area contributed by atoms with Crippen LogP contribution in [0.3, 0.4) is 0 Å². The fourth-order valence-corrected chi connectivity index (χ4v) is 3.83. The third-order valence-corrected chi connectivity index (χ3v) is 5.32. The minimum Gasteiger partial charge on any atom is -0.455 e. The molecule has 28 heavy (non-hydrogen) atoms. The minimum atomic E-state index is -0.737. The Balaban J connectivity index is 1.61. The highest BCUT2D eigenvalue weighted by atomic mass is 19.1. The van der Waals surface area contributed by atoms with Gasteiger partial charge in [-0.25, -0.2) is 8.78 Å². The first-order chi connectivity index (χ1) is 13.4. The van der Waals surface area contributed by atoms with E-state index in [4.69, 9.17) is 4.74 Å². The van der Waals surface area contributed by atoms with E-state index in [0.29, 0.717) is 12.8 Å². The van der Waals surface area contributed by atoms with Gasteiger partial charge < -0.3 is 10.1 Å². The van der Waals surface area contributed by atoms with E-state index in [2.05, 4.69) is 5.32 Å². The van der Waals surface area contributed by atoms with Crippen LogP contribution in [0.5, 0.6) is 0 Å². The van der Waals surface area contributed by atoms with Crippen LogP contribution < -0.4 is 5.32 Å². The standard InChI is InChI=1S/C22H23F2NO3/c1-15(18-10-9-17(23)13-19(18)24)25-20(26)14-28-21(27)22(11-5-6-12-22)16-7-3-2-4-8-16/h2-4,7-10,13,15H,5-6,11-12,14H2,1H3,(H,25,26). The lowest BCUT2D eigenvalue weighted by atomic mass is 9.79. The predicted molar refractivity (Wildman–Crippen MR) is 100 cm³/mol. The van der Waals surface area contributed by atoms with Gasteiger partial charge >= 0.3 is 5.97 Å². The third-order valence-electron chi connectivity index (χ3n) is 5.32. The van der Waals surface area contributed by atoms with Crippen LogP contribution in [0.1, 0.15) is 49.8 Å². The van der Waals surface area contributed by atoms with Crippen molar-refractivity contribution in [2.75, 3.05) is 6.61 Å². The Hall–Kier alpha value is -2.76. The van der Waals surface area contributed by atoms with Crippen molar-refractivity contribution in [3.63, 3.8) is 0 Å². The summed E-state index contributed by atoms with van der Waals surface area (Å²) >= 11 is 0. The third kappa shape index (κ3) is 4.21. The first kappa shape index (κ1) is 20.0. The number of carbonyl (C=O) groups is 2. The number of nitrogens with one attached hydrogen (secondary N) is 1. The largest absolute Gasteiger partial charge is 0.455 e. The van der Waals surface area contributed by atoms with Gasteiger partial charge in [0.05, 0.1) is 11.5 Å². The molecule has 3 rings (SSSR count). The van der Waals surface area contributed by atoms with Crippen molar-refractivity contribution in [2.45, 2.75) is 44.1 Å². The molecule has 2 aromatic carbocycles. The predicted octanol–water partition coefficient (Wildman–Crippen LogP) is 4.20. The van der Waals surface area contributed by atoms with E-state index < -0.39 is 41.6 Å². The SMILES string of the molecule is CC(NC(=O)COC(=O)C1(c2ccccc2)CCCC1)c1ccc(F)cc1F. The summed E-state index contributed by atoms with van der Waals surface area (Å²) in [5.74, 6) is -2.37. The average Bonchev–Trinajstić information content (AvgIpc) is 3.18. The number of ether oxygens (including phenoxy) is 1. The molecule has 0 saturated heterocycles. The van der Waals surface area contributed by atoms with Gasteiger partial charge in [0.25, 0.3) is 5.91 Å². The summed E-state index contributed by atoms with van der Waals surface area (Å²) in [6.07, 6.45) is 3.23. The van der Waals surface area contributed by atoms with E-state index in [1.807, 2.05) is 30.3 Å². The number of carbonyl (C=O) groups excluding carboxylic acids is 2. The van der Waals surface area contributed by atoms with Crippen molar-refractivity contribution in [3.8, 4) is 0 Å². The fourth-order valence-electron chi connectivity index (χ4n) is 3.83. The van der Waals surface area contributed by atoms with Crippen molar-refractivity contribution in [2.24, 2.45) is 0 Å². The van der Waals surface area contributed by atoms with Gasteiger partial charge in [0.15, 0.2) is 6.61 Å². The number of amides is 1. The zero-order valence-electron chi connectivity index (χ0n) is 15.7. The van der Waals surface area contributed by atoms with Gasteiger partial charge in [-0.3, -0.25) is 9.59 Å². The second kappa shape index (κ2) is 8.50. The summed E-state index contributed by atoms with van der Waals surface area (Å²) in [6.45, 7) is 1.14. The molecule has 0 aliphatic heterocycles. The Morgan fingerprint density at radius 1 is 1.11 bits per heavy atom. The molecule has 1 amide bonds. The van der Waals surface area contributed by atoms with Crippen LogP contribution in [0.15, 0.2) is 48.5 Å². The van der Waals surface area contributed by atoms with E-state index in [9.17, 15) is 18.4 Å². The van der Waals surface area contributed by atoms with E-state index in [1.54, 1.807) is 6.92 Å². The molecule has 1 unspecified atom stereocenters. The Bertz CT molecular complexity index is 848. The van der Waals surface area contributed by atoms with Crippen LogP contribution in [0.4, 0.5) is 8.78 Å². The second-order valence-corrected chi connectivity index (χ2v) is 7.19. The summed E-state index contributed by atoms with van der Waals surface area (Å²) in [5.41, 5.74) is 0.355. The maximum absolute atomic E-state index is 13.8. The van der Waals surface area contributed by atoms with Crippen LogP contribution in [-0.2, 0) is 19.7 Å². The van der Waals surface area contributed by atoms with Gasteiger partial charge in [-0.15, -0.1) is 0 Å². The van der Waals surface area contributed by atoms with Gasteiger partial charge in [0.1, 0.15) is 11.6 Å². The zero-order valence-corrected chi connectivity index (χ0v) is 15.7. The van der Waals surface area contributed by atoms with E-state index in [1.165, 1.54) is 6.07 Å². The average molecular weight is 387 g/mol. The van der Waals surface area contributed by atoms with Crippen molar-refractivity contribution in [3.05, 3.63) is 71.3 Å². The highest BCUT2D eigenvalue weighted by molar-refractivity contribution is 5.86. The molecule has 148 valence electrons. The van der Waals surface area contributed by atoms with E-state index >= 15 is 0 Å². The van der Waals surface area contributed by atoms with Crippen LogP contribution in [0.25, 0.3) is 0 Å². The molecule has 0 heterocycles. The summed E-state index contributed by atoms with van der Waals surface area (Å²) in [7, 11) is 0. The normalized spacial score (nSPS) is 16.4. The second-order valence-electron chi connectivity index (χ2n) is 7.19. The van der Waals surface area contributed by atoms with Crippen LogP contribution in [0, 0.1) is 11.6 Å². The van der Waals surface area contributed by atoms with Gasteiger partial charge in [0.2, 0.25) is 0 Å². The number of rotatable bonds is 6. The molecular formula is C22H23F2NO3. The van der Waals surface area contributed by atoms with Gasteiger partial charge in [-0.1, -0.05) is 49.2 Å². The molecule has 1 atom stereocenters. The number of esters is 1. The number of hydrogen-bond donors (Lipinski definition) is 1. The molecule has 0 spiro atoms. The van der Waals surface area contributed by atoms with E-state index in [-0.39, 0.29) is 5.56 Å². The molecule has 1 saturated carbocycles. The molecule has 1 aliphatic rings. The van der Waals surface area contributed by atoms with Crippen molar-refractivity contribution < 1.29 is 23.1 Å². The summed E-state index contributed by atoms with van der Waals surface area (Å²) in [4.78, 5) is 25.0. The molecule has 0 bridgehead atoms. The lowest BCUT2D eigenvalue weighted by Gasteiger charge is -2.27. The summed E-state index contributed by atoms with van der Waals surface area (Å²) in [5, 5.41) is 2.58.